The van der Waals surface area contributed by atoms with Crippen LogP contribution < -0.4 is 5.32 Å². The van der Waals surface area contributed by atoms with E-state index in [4.69, 9.17) is 0 Å². The zero-order chi connectivity index (χ0) is 12.3. The molecule has 6 heteroatoms. The molecule has 0 spiro atoms. The molecular formula is C11H16N2O2S2. The Kier molecular flexibility index (Phi) is 3.93. The Hall–Kier alpha value is -0.750. The predicted octanol–water partition coefficient (Wildman–Crippen LogP) is 1.65. The number of thioether (sulfide) groups is 1. The summed E-state index contributed by atoms with van der Waals surface area (Å²) in [6, 6.07) is 3.24. The van der Waals surface area contributed by atoms with Gasteiger partial charge in [0.2, 0.25) is 0 Å². The molecule has 1 aliphatic heterocycles. The molecule has 0 bridgehead atoms. The first-order valence-electron chi connectivity index (χ1n) is 5.54. The third kappa shape index (κ3) is 3.35. The molecule has 0 saturated carbocycles. The predicted molar refractivity (Wildman–Crippen MR) is 71.3 cm³/mol. The van der Waals surface area contributed by atoms with Gasteiger partial charge in [0.25, 0.3) is 0 Å². The van der Waals surface area contributed by atoms with Gasteiger partial charge >= 0.3 is 0 Å². The maximum absolute atomic E-state index is 11.6. The van der Waals surface area contributed by atoms with E-state index in [9.17, 15) is 8.42 Å². The Labute approximate surface area is 106 Å². The highest BCUT2D eigenvalue weighted by Crippen LogP contribution is 2.24. The van der Waals surface area contributed by atoms with Crippen molar-refractivity contribution >= 4 is 27.4 Å². The van der Waals surface area contributed by atoms with Crippen LogP contribution in [0.4, 0.5) is 5.82 Å². The van der Waals surface area contributed by atoms with Crippen molar-refractivity contribution in [3.63, 3.8) is 0 Å². The Morgan fingerprint density at radius 2 is 2.41 bits per heavy atom. The van der Waals surface area contributed by atoms with Crippen LogP contribution in [0.1, 0.15) is 6.42 Å². The summed E-state index contributed by atoms with van der Waals surface area (Å²) < 4.78 is 23.1. The number of pyridine rings is 1. The normalized spacial score (nSPS) is 20.4. The van der Waals surface area contributed by atoms with Crippen molar-refractivity contribution < 1.29 is 8.42 Å². The minimum atomic E-state index is -3.21. The molecule has 0 aromatic carbocycles. The average Bonchev–Trinajstić information content (AvgIpc) is 2.78. The third-order valence-corrected chi connectivity index (χ3v) is 5.11. The maximum atomic E-state index is 11.6. The number of sulfone groups is 1. The molecule has 4 nitrogen and oxygen atoms in total. The van der Waals surface area contributed by atoms with Gasteiger partial charge in [0, 0.05) is 19.0 Å². The highest BCUT2D eigenvalue weighted by molar-refractivity contribution is 7.99. The lowest BCUT2D eigenvalue weighted by atomic mass is 10.1. The number of hydrogen-bond donors (Lipinski definition) is 1. The molecule has 1 unspecified atom stereocenters. The van der Waals surface area contributed by atoms with Gasteiger partial charge in [-0.25, -0.2) is 13.4 Å². The molecule has 94 valence electrons. The summed E-state index contributed by atoms with van der Waals surface area (Å²) >= 11 is 1.95. The van der Waals surface area contributed by atoms with Crippen LogP contribution in [0.2, 0.25) is 0 Å². The zero-order valence-corrected chi connectivity index (χ0v) is 11.4. The van der Waals surface area contributed by atoms with Crippen LogP contribution in [0.3, 0.4) is 0 Å². The smallest absolute Gasteiger partial charge is 0.179 e. The monoisotopic (exact) mass is 272 g/mol. The fraction of sp³-hybridized carbons (Fsp3) is 0.545. The van der Waals surface area contributed by atoms with Crippen molar-refractivity contribution in [2.75, 3.05) is 29.6 Å². The third-order valence-electron chi connectivity index (χ3n) is 2.75. The van der Waals surface area contributed by atoms with E-state index in [0.717, 1.165) is 12.3 Å². The van der Waals surface area contributed by atoms with Gasteiger partial charge < -0.3 is 5.32 Å². The highest BCUT2D eigenvalue weighted by atomic mass is 32.2. The van der Waals surface area contributed by atoms with Crippen LogP contribution in [-0.2, 0) is 9.84 Å². The van der Waals surface area contributed by atoms with Crippen molar-refractivity contribution in [3.8, 4) is 0 Å². The van der Waals surface area contributed by atoms with E-state index in [1.807, 2.05) is 11.8 Å². The fourth-order valence-electron chi connectivity index (χ4n) is 1.81. The second-order valence-electron chi connectivity index (χ2n) is 4.23. The van der Waals surface area contributed by atoms with Crippen LogP contribution >= 0.6 is 11.8 Å². The molecule has 0 amide bonds. The van der Waals surface area contributed by atoms with Crippen LogP contribution in [0, 0.1) is 5.92 Å². The zero-order valence-electron chi connectivity index (χ0n) is 9.72. The summed E-state index contributed by atoms with van der Waals surface area (Å²) in [7, 11) is -3.21. The lowest BCUT2D eigenvalue weighted by Crippen LogP contribution is -2.16. The van der Waals surface area contributed by atoms with Gasteiger partial charge in [-0.15, -0.1) is 0 Å². The summed E-state index contributed by atoms with van der Waals surface area (Å²) in [6.45, 7) is 0.798. The van der Waals surface area contributed by atoms with Gasteiger partial charge in [-0.2, -0.15) is 11.8 Å². The van der Waals surface area contributed by atoms with Crippen molar-refractivity contribution in [1.82, 2.24) is 4.98 Å². The lowest BCUT2D eigenvalue weighted by Gasteiger charge is -2.12. The van der Waals surface area contributed by atoms with Gasteiger partial charge in [0.05, 0.1) is 0 Å². The van der Waals surface area contributed by atoms with E-state index in [1.54, 1.807) is 18.3 Å². The number of rotatable bonds is 4. The second kappa shape index (κ2) is 5.27. The van der Waals surface area contributed by atoms with Gasteiger partial charge in [-0.05, 0) is 36.0 Å². The summed E-state index contributed by atoms with van der Waals surface area (Å²) in [5, 5.41) is 3.16. The first-order chi connectivity index (χ1) is 8.07. The lowest BCUT2D eigenvalue weighted by molar-refractivity contribution is 0.600. The van der Waals surface area contributed by atoms with Gasteiger partial charge in [-0.3, -0.25) is 0 Å². The molecule has 1 N–H and O–H groups in total. The van der Waals surface area contributed by atoms with Gasteiger partial charge in [0.1, 0.15) is 10.7 Å². The van der Waals surface area contributed by atoms with Crippen LogP contribution in [-0.4, -0.2) is 37.7 Å². The Balaban J connectivity index is 2.09. The first-order valence-corrected chi connectivity index (χ1v) is 8.58. The number of nitrogens with one attached hydrogen (secondary N) is 1. The SMILES string of the molecule is CS(=O)(=O)c1cccnc1NCC1CCSC1. The maximum Gasteiger partial charge on any atom is 0.179 e. The minimum absolute atomic E-state index is 0.283. The van der Waals surface area contributed by atoms with E-state index in [1.165, 1.54) is 18.4 Å². The molecule has 1 aromatic heterocycles. The van der Waals surface area contributed by atoms with E-state index in [-0.39, 0.29) is 4.90 Å². The Morgan fingerprint density at radius 1 is 1.59 bits per heavy atom. The van der Waals surface area contributed by atoms with E-state index < -0.39 is 9.84 Å². The average molecular weight is 272 g/mol. The Bertz CT molecular complexity index is 482. The molecule has 2 heterocycles. The first kappa shape index (κ1) is 12.7. The molecule has 1 atom stereocenters. The number of aromatic nitrogens is 1. The van der Waals surface area contributed by atoms with Crippen molar-refractivity contribution in [2.24, 2.45) is 5.92 Å². The largest absolute Gasteiger partial charge is 0.369 e. The fourth-order valence-corrected chi connectivity index (χ4v) is 3.89. The summed E-state index contributed by atoms with van der Waals surface area (Å²) in [5.74, 6) is 3.45. The number of hydrogen-bond acceptors (Lipinski definition) is 5. The molecule has 2 rings (SSSR count). The van der Waals surface area contributed by atoms with Crippen molar-refractivity contribution in [3.05, 3.63) is 18.3 Å². The molecule has 1 aliphatic rings. The minimum Gasteiger partial charge on any atom is -0.369 e. The van der Waals surface area contributed by atoms with Crippen LogP contribution in [0.25, 0.3) is 0 Å². The van der Waals surface area contributed by atoms with Crippen LogP contribution in [0.15, 0.2) is 23.2 Å². The number of nitrogens with zero attached hydrogens (tertiary/aromatic N) is 1. The molecule has 1 fully saturated rings. The molecule has 0 aliphatic carbocycles. The quantitative estimate of drug-likeness (QED) is 0.903. The Morgan fingerprint density at radius 3 is 3.06 bits per heavy atom. The van der Waals surface area contributed by atoms with Crippen molar-refractivity contribution in [2.45, 2.75) is 11.3 Å². The van der Waals surface area contributed by atoms with Gasteiger partial charge in [-0.1, -0.05) is 0 Å². The van der Waals surface area contributed by atoms with Crippen LogP contribution in [0.5, 0.6) is 0 Å². The molecular weight excluding hydrogens is 256 g/mol. The summed E-state index contributed by atoms with van der Waals surface area (Å²) in [4.78, 5) is 4.39. The molecule has 17 heavy (non-hydrogen) atoms. The standard InChI is InChI=1S/C11H16N2O2S2/c1-17(14,15)10-3-2-5-12-11(10)13-7-9-4-6-16-8-9/h2-3,5,9H,4,6-8H2,1H3,(H,12,13). The highest BCUT2D eigenvalue weighted by Gasteiger charge is 2.18. The molecule has 1 saturated heterocycles. The van der Waals surface area contributed by atoms with E-state index in [0.29, 0.717) is 11.7 Å². The summed E-state index contributed by atoms with van der Waals surface area (Å²) in [6.07, 6.45) is 4.01. The second-order valence-corrected chi connectivity index (χ2v) is 7.37. The van der Waals surface area contributed by atoms with Crippen molar-refractivity contribution in [1.29, 1.82) is 0 Å². The summed E-state index contributed by atoms with van der Waals surface area (Å²) in [5.41, 5.74) is 0. The molecule has 1 aromatic rings. The number of anilines is 1. The van der Waals surface area contributed by atoms with E-state index in [2.05, 4.69) is 10.3 Å². The molecule has 0 radical (unpaired) electrons. The van der Waals surface area contributed by atoms with Gasteiger partial charge in [0.15, 0.2) is 9.84 Å². The van der Waals surface area contributed by atoms with E-state index >= 15 is 0 Å². The topological polar surface area (TPSA) is 59.1 Å².